The fourth-order valence-corrected chi connectivity index (χ4v) is 2.80. The predicted octanol–water partition coefficient (Wildman–Crippen LogP) is 4.94. The summed E-state index contributed by atoms with van der Waals surface area (Å²) in [6.07, 6.45) is 0.795. The van der Waals surface area contributed by atoms with Gasteiger partial charge in [0.1, 0.15) is 23.3 Å². The molecular weight excluding hydrogens is 327 g/mol. The molecule has 0 aliphatic heterocycles. The van der Waals surface area contributed by atoms with Gasteiger partial charge in [-0.1, -0.05) is 29.8 Å². The van der Waals surface area contributed by atoms with E-state index in [1.807, 2.05) is 13.0 Å². The zero-order valence-electron chi connectivity index (χ0n) is 15.3. The SMILES string of the molecule is Cc1ccc(Nc2cc(NCCc3ccc(F)cc3)nc(C)n2)c(C)c1. The van der Waals surface area contributed by atoms with E-state index in [9.17, 15) is 4.39 Å². The van der Waals surface area contributed by atoms with Crippen LogP contribution in [0.25, 0.3) is 0 Å². The normalized spacial score (nSPS) is 10.6. The predicted molar refractivity (Wildman–Crippen MR) is 105 cm³/mol. The molecule has 134 valence electrons. The molecule has 4 nitrogen and oxygen atoms in total. The monoisotopic (exact) mass is 350 g/mol. The van der Waals surface area contributed by atoms with E-state index in [0.29, 0.717) is 12.4 Å². The lowest BCUT2D eigenvalue weighted by molar-refractivity contribution is 0.627. The van der Waals surface area contributed by atoms with Gasteiger partial charge in [-0.3, -0.25) is 0 Å². The minimum absolute atomic E-state index is 0.213. The average Bonchev–Trinajstić information content (AvgIpc) is 2.59. The molecule has 0 spiro atoms. The summed E-state index contributed by atoms with van der Waals surface area (Å²) in [5, 5.41) is 6.68. The van der Waals surface area contributed by atoms with Gasteiger partial charge in [-0.05, 0) is 56.5 Å². The highest BCUT2D eigenvalue weighted by Crippen LogP contribution is 2.21. The molecule has 2 N–H and O–H groups in total. The van der Waals surface area contributed by atoms with E-state index < -0.39 is 0 Å². The van der Waals surface area contributed by atoms with Crippen molar-refractivity contribution in [3.05, 3.63) is 76.9 Å². The number of benzene rings is 2. The van der Waals surface area contributed by atoms with Crippen LogP contribution in [0, 0.1) is 26.6 Å². The first-order valence-corrected chi connectivity index (χ1v) is 8.68. The first kappa shape index (κ1) is 17.9. The highest BCUT2D eigenvalue weighted by Gasteiger charge is 2.05. The Morgan fingerprint density at radius 3 is 2.35 bits per heavy atom. The third-order valence-electron chi connectivity index (χ3n) is 4.12. The Morgan fingerprint density at radius 1 is 0.885 bits per heavy atom. The molecule has 0 unspecified atom stereocenters. The molecule has 0 saturated carbocycles. The Morgan fingerprint density at radius 2 is 1.62 bits per heavy atom. The Labute approximate surface area is 153 Å². The first-order chi connectivity index (χ1) is 12.5. The van der Waals surface area contributed by atoms with Crippen molar-refractivity contribution >= 4 is 17.3 Å². The van der Waals surface area contributed by atoms with Gasteiger partial charge in [0.25, 0.3) is 0 Å². The van der Waals surface area contributed by atoms with Crippen LogP contribution < -0.4 is 10.6 Å². The van der Waals surface area contributed by atoms with Gasteiger partial charge in [-0.15, -0.1) is 0 Å². The number of aromatic nitrogens is 2. The van der Waals surface area contributed by atoms with Crippen molar-refractivity contribution in [1.82, 2.24) is 9.97 Å². The Balaban J connectivity index is 1.66. The van der Waals surface area contributed by atoms with Crippen molar-refractivity contribution in [2.45, 2.75) is 27.2 Å². The summed E-state index contributed by atoms with van der Waals surface area (Å²) in [5.41, 5.74) is 4.52. The van der Waals surface area contributed by atoms with Crippen molar-refractivity contribution in [2.24, 2.45) is 0 Å². The number of nitrogens with zero attached hydrogens (tertiary/aromatic N) is 2. The van der Waals surface area contributed by atoms with Crippen molar-refractivity contribution in [2.75, 3.05) is 17.2 Å². The van der Waals surface area contributed by atoms with Crippen molar-refractivity contribution < 1.29 is 4.39 Å². The third kappa shape index (κ3) is 4.79. The second-order valence-electron chi connectivity index (χ2n) is 6.43. The van der Waals surface area contributed by atoms with Crippen LogP contribution in [-0.2, 0) is 6.42 Å². The standard InChI is InChI=1S/C21H23FN4/c1-14-4-9-19(15(2)12-14)26-21-13-20(24-16(3)25-21)23-11-10-17-5-7-18(22)8-6-17/h4-9,12-13H,10-11H2,1-3H3,(H2,23,24,25,26). The number of hydrogen-bond acceptors (Lipinski definition) is 4. The largest absolute Gasteiger partial charge is 0.370 e. The van der Waals surface area contributed by atoms with E-state index in [2.05, 4.69) is 52.6 Å². The van der Waals surface area contributed by atoms with Crippen LogP contribution in [-0.4, -0.2) is 16.5 Å². The summed E-state index contributed by atoms with van der Waals surface area (Å²) in [6, 6.07) is 14.7. The number of rotatable bonds is 6. The molecule has 0 saturated heterocycles. The Kier molecular flexibility index (Phi) is 5.46. The number of aryl methyl sites for hydroxylation is 3. The maximum absolute atomic E-state index is 13.0. The second kappa shape index (κ2) is 7.95. The topological polar surface area (TPSA) is 49.8 Å². The molecule has 26 heavy (non-hydrogen) atoms. The highest BCUT2D eigenvalue weighted by molar-refractivity contribution is 5.63. The zero-order chi connectivity index (χ0) is 18.5. The van der Waals surface area contributed by atoms with Crippen LogP contribution in [0.2, 0.25) is 0 Å². The summed E-state index contributed by atoms with van der Waals surface area (Å²) < 4.78 is 13.0. The quantitative estimate of drug-likeness (QED) is 0.661. The molecule has 0 amide bonds. The fourth-order valence-electron chi connectivity index (χ4n) is 2.80. The molecule has 5 heteroatoms. The van der Waals surface area contributed by atoms with Gasteiger partial charge in [-0.25, -0.2) is 14.4 Å². The molecule has 2 aromatic carbocycles. The maximum atomic E-state index is 13.0. The molecule has 1 heterocycles. The highest BCUT2D eigenvalue weighted by atomic mass is 19.1. The fraction of sp³-hybridized carbons (Fsp3) is 0.238. The third-order valence-corrected chi connectivity index (χ3v) is 4.12. The van der Waals surface area contributed by atoms with Crippen LogP contribution in [0.1, 0.15) is 22.5 Å². The van der Waals surface area contributed by atoms with Gasteiger partial charge in [0.05, 0.1) is 0 Å². The molecule has 3 rings (SSSR count). The average molecular weight is 350 g/mol. The number of hydrogen-bond donors (Lipinski definition) is 2. The van der Waals surface area contributed by atoms with Crippen LogP contribution >= 0.6 is 0 Å². The number of nitrogens with one attached hydrogen (secondary N) is 2. The molecule has 0 bridgehead atoms. The lowest BCUT2D eigenvalue weighted by atomic mass is 10.1. The van der Waals surface area contributed by atoms with Crippen LogP contribution in [0.4, 0.5) is 21.7 Å². The lowest BCUT2D eigenvalue weighted by Gasteiger charge is -2.12. The summed E-state index contributed by atoms with van der Waals surface area (Å²) in [5.74, 6) is 2.01. The van der Waals surface area contributed by atoms with Gasteiger partial charge in [0.15, 0.2) is 0 Å². The van der Waals surface area contributed by atoms with E-state index in [1.165, 1.54) is 23.3 Å². The van der Waals surface area contributed by atoms with Gasteiger partial charge < -0.3 is 10.6 Å². The number of halogens is 1. The van der Waals surface area contributed by atoms with Gasteiger partial charge in [0.2, 0.25) is 0 Å². The van der Waals surface area contributed by atoms with Crippen molar-refractivity contribution in [3.8, 4) is 0 Å². The smallest absolute Gasteiger partial charge is 0.136 e. The summed E-state index contributed by atoms with van der Waals surface area (Å²) in [6.45, 7) is 6.74. The summed E-state index contributed by atoms with van der Waals surface area (Å²) in [4.78, 5) is 8.90. The van der Waals surface area contributed by atoms with Gasteiger partial charge in [-0.2, -0.15) is 0 Å². The van der Waals surface area contributed by atoms with E-state index in [4.69, 9.17) is 0 Å². The lowest BCUT2D eigenvalue weighted by Crippen LogP contribution is -2.08. The van der Waals surface area contributed by atoms with E-state index in [1.54, 1.807) is 12.1 Å². The molecule has 1 aromatic heterocycles. The first-order valence-electron chi connectivity index (χ1n) is 8.68. The molecule has 0 radical (unpaired) electrons. The molecule has 0 aliphatic rings. The van der Waals surface area contributed by atoms with Gasteiger partial charge >= 0.3 is 0 Å². The van der Waals surface area contributed by atoms with E-state index in [-0.39, 0.29) is 5.82 Å². The van der Waals surface area contributed by atoms with Crippen molar-refractivity contribution in [1.29, 1.82) is 0 Å². The zero-order valence-corrected chi connectivity index (χ0v) is 15.3. The Bertz CT molecular complexity index is 891. The second-order valence-corrected chi connectivity index (χ2v) is 6.43. The van der Waals surface area contributed by atoms with Crippen LogP contribution in [0.15, 0.2) is 48.5 Å². The van der Waals surface area contributed by atoms with E-state index >= 15 is 0 Å². The molecule has 0 aliphatic carbocycles. The number of anilines is 3. The Hall–Kier alpha value is -2.95. The van der Waals surface area contributed by atoms with Crippen molar-refractivity contribution in [3.63, 3.8) is 0 Å². The minimum atomic E-state index is -0.213. The molecule has 0 fully saturated rings. The molecular formula is C21H23FN4. The maximum Gasteiger partial charge on any atom is 0.136 e. The summed E-state index contributed by atoms with van der Waals surface area (Å²) >= 11 is 0. The molecule has 0 atom stereocenters. The van der Waals surface area contributed by atoms with Crippen LogP contribution in [0.5, 0.6) is 0 Å². The van der Waals surface area contributed by atoms with Gasteiger partial charge in [0, 0.05) is 18.3 Å². The minimum Gasteiger partial charge on any atom is -0.370 e. The summed E-state index contributed by atoms with van der Waals surface area (Å²) in [7, 11) is 0. The molecule has 3 aromatic rings. The van der Waals surface area contributed by atoms with E-state index in [0.717, 1.165) is 29.3 Å². The van der Waals surface area contributed by atoms with Crippen LogP contribution in [0.3, 0.4) is 0 Å².